The second-order valence-corrected chi connectivity index (χ2v) is 16.0. The van der Waals surface area contributed by atoms with E-state index in [9.17, 15) is 0 Å². The largest absolute Gasteiger partial charge is 0.247 e. The highest BCUT2D eigenvalue weighted by atomic mass is 32.1. The average Bonchev–Trinajstić information content (AvgIpc) is 3.76. The van der Waals surface area contributed by atoms with Crippen molar-refractivity contribution in [3.8, 4) is 89.2 Å². The van der Waals surface area contributed by atoms with Gasteiger partial charge in [-0.1, -0.05) is 194 Å². The van der Waals surface area contributed by atoms with Gasteiger partial charge >= 0.3 is 0 Å². The van der Waals surface area contributed by atoms with Crippen LogP contribution < -0.4 is 0 Å². The fraction of sp³-hybridized carbons (Fsp3) is 0. The average molecular weight is 797 g/mol. The highest BCUT2D eigenvalue weighted by Crippen LogP contribution is 2.51. The molecule has 0 radical (unpaired) electrons. The maximum absolute atomic E-state index is 5.43. The molecule has 0 aliphatic heterocycles. The number of hydrogen-bond acceptors (Lipinski definition) is 5. The Labute approximate surface area is 358 Å². The number of nitrogens with zero attached hydrogens (tertiary/aromatic N) is 4. The van der Waals surface area contributed by atoms with Crippen LogP contribution in [0.1, 0.15) is 0 Å². The summed E-state index contributed by atoms with van der Waals surface area (Å²) in [4.78, 5) is 21.6. The molecule has 0 amide bonds. The highest BCUT2D eigenvalue weighted by molar-refractivity contribution is 7.24. The summed E-state index contributed by atoms with van der Waals surface area (Å²) in [6, 6.07) is 76.4. The molecule has 11 rings (SSSR count). The molecule has 8 aromatic carbocycles. The Morgan fingerprint density at radius 1 is 0.295 bits per heavy atom. The van der Waals surface area contributed by atoms with E-state index in [-0.39, 0.29) is 0 Å². The van der Waals surface area contributed by atoms with Gasteiger partial charge in [-0.25, -0.2) is 19.9 Å². The molecule has 11 aromatic rings. The lowest BCUT2D eigenvalue weighted by atomic mass is 9.90. The molecule has 286 valence electrons. The molecule has 0 unspecified atom stereocenters. The number of benzene rings is 8. The quantitative estimate of drug-likeness (QED) is 0.154. The van der Waals surface area contributed by atoms with Crippen molar-refractivity contribution in [3.63, 3.8) is 0 Å². The molecule has 3 aromatic heterocycles. The van der Waals surface area contributed by atoms with Crippen molar-refractivity contribution >= 4 is 32.3 Å². The van der Waals surface area contributed by atoms with Crippen molar-refractivity contribution in [1.82, 2.24) is 19.9 Å². The van der Waals surface area contributed by atoms with E-state index >= 15 is 0 Å². The standard InChI is InChI=1S/C56H36N4S/c1-6-18-37(19-7-1)44-34-45(38-20-8-2-9-21-38)36-46(35-44)49-50-51(39-22-10-3-11-23-39)57-48-29-17-16-28-47(48)53(50)61-52(49)40-30-32-43(33-31-40)56-59-54(41-24-12-4-13-25-41)58-55(60-56)42-26-14-5-15-27-42/h1-36H. The van der Waals surface area contributed by atoms with Crippen LogP contribution >= 0.6 is 11.3 Å². The fourth-order valence-electron chi connectivity index (χ4n) is 8.14. The molecule has 3 heterocycles. The summed E-state index contributed by atoms with van der Waals surface area (Å²) in [5.41, 5.74) is 13.9. The van der Waals surface area contributed by atoms with Gasteiger partial charge in [-0.3, -0.25) is 0 Å². The summed E-state index contributed by atoms with van der Waals surface area (Å²) < 4.78 is 1.21. The molecule has 61 heavy (non-hydrogen) atoms. The van der Waals surface area contributed by atoms with Crippen LogP contribution in [0.4, 0.5) is 0 Å². The first kappa shape index (κ1) is 36.2. The van der Waals surface area contributed by atoms with E-state index < -0.39 is 0 Å². The lowest BCUT2D eigenvalue weighted by Crippen LogP contribution is -2.00. The summed E-state index contributed by atoms with van der Waals surface area (Å²) in [6.45, 7) is 0. The van der Waals surface area contributed by atoms with Crippen molar-refractivity contribution < 1.29 is 0 Å². The Morgan fingerprint density at radius 3 is 1.20 bits per heavy atom. The molecular weight excluding hydrogens is 761 g/mol. The lowest BCUT2D eigenvalue weighted by molar-refractivity contribution is 1.07. The summed E-state index contributed by atoms with van der Waals surface area (Å²) >= 11 is 1.83. The van der Waals surface area contributed by atoms with Gasteiger partial charge < -0.3 is 0 Å². The molecule has 5 heteroatoms. The molecule has 0 atom stereocenters. The minimum atomic E-state index is 0.625. The maximum Gasteiger partial charge on any atom is 0.164 e. The van der Waals surface area contributed by atoms with Gasteiger partial charge in [-0.2, -0.15) is 0 Å². The number of rotatable bonds is 8. The van der Waals surface area contributed by atoms with Gasteiger partial charge in [0.05, 0.1) is 11.2 Å². The zero-order chi connectivity index (χ0) is 40.5. The van der Waals surface area contributed by atoms with Gasteiger partial charge in [-0.15, -0.1) is 11.3 Å². The Bertz CT molecular complexity index is 3200. The molecule has 0 N–H and O–H groups in total. The molecular formula is C56H36N4S. The Balaban J connectivity index is 1.16. The van der Waals surface area contributed by atoms with Gasteiger partial charge in [0.25, 0.3) is 0 Å². The lowest BCUT2D eigenvalue weighted by Gasteiger charge is -2.14. The third kappa shape index (κ3) is 6.97. The fourth-order valence-corrected chi connectivity index (χ4v) is 9.51. The number of hydrogen-bond donors (Lipinski definition) is 0. The topological polar surface area (TPSA) is 51.6 Å². The highest BCUT2D eigenvalue weighted by Gasteiger charge is 2.24. The zero-order valence-corrected chi connectivity index (χ0v) is 33.8. The van der Waals surface area contributed by atoms with Crippen molar-refractivity contribution in [2.24, 2.45) is 0 Å². The number of aromatic nitrogens is 4. The van der Waals surface area contributed by atoms with E-state index in [1.807, 2.05) is 72.0 Å². The Hall–Kier alpha value is -7.86. The first-order valence-corrected chi connectivity index (χ1v) is 21.2. The number of fused-ring (bicyclic) bond motifs is 3. The molecule has 0 saturated heterocycles. The maximum atomic E-state index is 5.43. The first-order valence-electron chi connectivity index (χ1n) is 20.4. The van der Waals surface area contributed by atoms with Gasteiger partial charge in [0.2, 0.25) is 0 Å². The van der Waals surface area contributed by atoms with E-state index in [1.165, 1.54) is 20.7 Å². The second kappa shape index (κ2) is 15.7. The van der Waals surface area contributed by atoms with Gasteiger partial charge in [-0.05, 0) is 57.6 Å². The molecule has 0 fully saturated rings. The van der Waals surface area contributed by atoms with Gasteiger partial charge in [0, 0.05) is 48.2 Å². The van der Waals surface area contributed by atoms with Gasteiger partial charge in [0.1, 0.15) is 0 Å². The minimum Gasteiger partial charge on any atom is -0.247 e. The van der Waals surface area contributed by atoms with E-state index in [0.29, 0.717) is 17.5 Å². The number of para-hydroxylation sites is 1. The summed E-state index contributed by atoms with van der Waals surface area (Å²) in [6.07, 6.45) is 0. The van der Waals surface area contributed by atoms with Crippen LogP contribution in [0.25, 0.3) is 110 Å². The first-order chi connectivity index (χ1) is 30.2. The van der Waals surface area contributed by atoms with Crippen LogP contribution in [-0.2, 0) is 0 Å². The molecule has 0 spiro atoms. The predicted octanol–water partition coefficient (Wildman–Crippen LogP) is 15.0. The van der Waals surface area contributed by atoms with E-state index in [2.05, 4.69) is 158 Å². The van der Waals surface area contributed by atoms with Crippen LogP contribution in [0.2, 0.25) is 0 Å². The number of thiophene rings is 1. The van der Waals surface area contributed by atoms with E-state index in [1.54, 1.807) is 0 Å². The van der Waals surface area contributed by atoms with Crippen LogP contribution in [0.15, 0.2) is 218 Å². The summed E-state index contributed by atoms with van der Waals surface area (Å²) in [5.74, 6) is 1.90. The summed E-state index contributed by atoms with van der Waals surface area (Å²) in [7, 11) is 0. The Morgan fingerprint density at radius 2 is 0.689 bits per heavy atom. The van der Waals surface area contributed by atoms with Crippen LogP contribution in [0, 0.1) is 0 Å². The third-order valence-electron chi connectivity index (χ3n) is 11.1. The smallest absolute Gasteiger partial charge is 0.164 e. The Kier molecular flexibility index (Phi) is 9.34. The molecule has 0 saturated carbocycles. The SMILES string of the molecule is c1ccc(-c2cc(-c3ccccc3)cc(-c3c(-c4ccc(-c5nc(-c6ccccc6)nc(-c6ccccc6)n5)cc4)sc4c3c(-c3ccccc3)nc3ccccc34)c2)cc1. The van der Waals surface area contributed by atoms with Crippen molar-refractivity contribution in [2.45, 2.75) is 0 Å². The van der Waals surface area contributed by atoms with Crippen molar-refractivity contribution in [3.05, 3.63) is 218 Å². The zero-order valence-electron chi connectivity index (χ0n) is 33.0. The normalized spacial score (nSPS) is 11.3. The van der Waals surface area contributed by atoms with E-state index in [0.717, 1.165) is 72.1 Å². The monoisotopic (exact) mass is 796 g/mol. The van der Waals surface area contributed by atoms with E-state index in [4.69, 9.17) is 19.9 Å². The second-order valence-electron chi connectivity index (χ2n) is 15.0. The third-order valence-corrected chi connectivity index (χ3v) is 12.4. The van der Waals surface area contributed by atoms with Crippen molar-refractivity contribution in [1.29, 1.82) is 0 Å². The molecule has 0 aliphatic rings. The predicted molar refractivity (Wildman–Crippen MR) is 254 cm³/mol. The summed E-state index contributed by atoms with van der Waals surface area (Å²) in [5, 5.41) is 2.29. The molecule has 4 nitrogen and oxygen atoms in total. The molecule has 0 bridgehead atoms. The van der Waals surface area contributed by atoms with Crippen molar-refractivity contribution in [2.75, 3.05) is 0 Å². The van der Waals surface area contributed by atoms with Gasteiger partial charge in [0.15, 0.2) is 17.5 Å². The van der Waals surface area contributed by atoms with Crippen LogP contribution in [0.3, 0.4) is 0 Å². The number of pyridine rings is 1. The van der Waals surface area contributed by atoms with Crippen LogP contribution in [-0.4, -0.2) is 19.9 Å². The van der Waals surface area contributed by atoms with Crippen LogP contribution in [0.5, 0.6) is 0 Å². The minimum absolute atomic E-state index is 0.625. The molecule has 0 aliphatic carbocycles.